The number of anilines is 2. The Morgan fingerprint density at radius 1 is 1.57 bits per heavy atom. The maximum atomic E-state index is 11.5. The Kier molecular flexibility index (Phi) is 4.51. The molecule has 1 aromatic rings. The minimum atomic E-state index is -1.26. The first-order valence-electron chi connectivity index (χ1n) is 6.88. The maximum Gasteiger partial charge on any atom is 0.335 e. The number of carbonyl (C=O) groups is 1. The summed E-state index contributed by atoms with van der Waals surface area (Å²) < 4.78 is 13.0. The van der Waals surface area contributed by atoms with E-state index in [2.05, 4.69) is 24.1 Å². The lowest BCUT2D eigenvalue weighted by molar-refractivity contribution is 0.0697. The highest BCUT2D eigenvalue weighted by molar-refractivity contribution is 7.85. The molecule has 4 atom stereocenters. The number of aromatic carboxylic acids is 1. The molecule has 0 bridgehead atoms. The third kappa shape index (κ3) is 3.72. The van der Waals surface area contributed by atoms with Crippen molar-refractivity contribution < 1.29 is 14.1 Å². The molecule has 0 saturated heterocycles. The van der Waals surface area contributed by atoms with Crippen LogP contribution in [0.2, 0.25) is 0 Å². The van der Waals surface area contributed by atoms with E-state index in [-0.39, 0.29) is 11.6 Å². The maximum absolute atomic E-state index is 11.5. The molecule has 0 amide bonds. The van der Waals surface area contributed by atoms with Crippen LogP contribution in [-0.4, -0.2) is 39.6 Å². The minimum absolute atomic E-state index is 0.135. The van der Waals surface area contributed by atoms with E-state index in [0.717, 1.165) is 0 Å². The van der Waals surface area contributed by atoms with Crippen molar-refractivity contribution in [1.82, 2.24) is 4.98 Å². The largest absolute Gasteiger partial charge is 0.478 e. The lowest BCUT2D eigenvalue weighted by atomic mass is 10.2. The van der Waals surface area contributed by atoms with Gasteiger partial charge in [0.05, 0.1) is 5.56 Å². The Morgan fingerprint density at radius 2 is 2.19 bits per heavy atom. The molecule has 1 aliphatic rings. The molecule has 0 aliphatic heterocycles. The molecule has 1 fully saturated rings. The monoisotopic (exact) mass is 311 g/mol. The molecule has 6 nitrogen and oxygen atoms in total. The molecule has 2 N–H and O–H groups in total. The molecule has 2 unspecified atom stereocenters. The van der Waals surface area contributed by atoms with Gasteiger partial charge in [0.2, 0.25) is 0 Å². The molecule has 7 heteroatoms. The van der Waals surface area contributed by atoms with Crippen LogP contribution < -0.4 is 9.62 Å². The van der Waals surface area contributed by atoms with Crippen LogP contribution in [0.3, 0.4) is 0 Å². The van der Waals surface area contributed by atoms with E-state index in [4.69, 9.17) is 0 Å². The standard InChI is InChI=1S/C14H21N3O3S/c1-8-5-11(8)9(2)15-12-6-10(14(18)19)7-13(16-12)17(3)21(4)20/h6-9,11H,5H2,1-4H3,(H,15,16)(H,18,19)/t8-,9+,11?,21?/m0/s1. The zero-order valence-corrected chi connectivity index (χ0v) is 13.5. The summed E-state index contributed by atoms with van der Waals surface area (Å²) in [6, 6.07) is 3.18. The number of pyridine rings is 1. The second-order valence-electron chi connectivity index (χ2n) is 5.64. The SMILES string of the molecule is C[C@H]1CC1[C@@H](C)Nc1cc(C(=O)O)cc(N(C)S(C)=O)n1. The summed E-state index contributed by atoms with van der Waals surface area (Å²) in [5, 5.41) is 12.5. The highest BCUT2D eigenvalue weighted by Gasteiger charge is 2.37. The summed E-state index contributed by atoms with van der Waals surface area (Å²) in [6.45, 7) is 4.27. The number of hydrogen-bond acceptors (Lipinski definition) is 4. The van der Waals surface area contributed by atoms with E-state index in [0.29, 0.717) is 23.5 Å². The molecule has 21 heavy (non-hydrogen) atoms. The van der Waals surface area contributed by atoms with Crippen LogP contribution in [-0.2, 0) is 11.0 Å². The summed E-state index contributed by atoms with van der Waals surface area (Å²) in [5.74, 6) is 1.16. The normalized spacial score (nSPS) is 23.2. The first-order valence-corrected chi connectivity index (χ1v) is 8.40. The van der Waals surface area contributed by atoms with E-state index in [1.807, 2.05) is 0 Å². The molecule has 1 saturated carbocycles. The second-order valence-corrected chi connectivity index (χ2v) is 7.03. The summed E-state index contributed by atoms with van der Waals surface area (Å²) in [7, 11) is 0.369. The third-order valence-electron chi connectivity index (χ3n) is 3.96. The Hall–Kier alpha value is -1.63. The van der Waals surface area contributed by atoms with Gasteiger partial charge in [0.25, 0.3) is 0 Å². The van der Waals surface area contributed by atoms with Crippen LogP contribution in [0, 0.1) is 11.8 Å². The first-order chi connectivity index (χ1) is 9.79. The number of aromatic nitrogens is 1. The number of nitrogens with zero attached hydrogens (tertiary/aromatic N) is 2. The number of hydrogen-bond donors (Lipinski definition) is 2. The van der Waals surface area contributed by atoms with Gasteiger partial charge >= 0.3 is 5.97 Å². The number of nitrogens with one attached hydrogen (secondary N) is 1. The van der Waals surface area contributed by atoms with Gasteiger partial charge in [-0.15, -0.1) is 0 Å². The second kappa shape index (κ2) is 6.01. The van der Waals surface area contributed by atoms with E-state index < -0.39 is 17.0 Å². The van der Waals surface area contributed by atoms with Gasteiger partial charge in [-0.1, -0.05) is 6.92 Å². The van der Waals surface area contributed by atoms with Crippen molar-refractivity contribution in [1.29, 1.82) is 0 Å². The van der Waals surface area contributed by atoms with Crippen molar-refractivity contribution >= 4 is 28.6 Å². The highest BCUT2D eigenvalue weighted by Crippen LogP contribution is 2.41. The lowest BCUT2D eigenvalue weighted by Gasteiger charge is -2.19. The Labute approximate surface area is 127 Å². The van der Waals surface area contributed by atoms with Crippen LogP contribution in [0.4, 0.5) is 11.6 Å². The van der Waals surface area contributed by atoms with Gasteiger partial charge in [0.1, 0.15) is 22.6 Å². The van der Waals surface area contributed by atoms with Crippen LogP contribution >= 0.6 is 0 Å². The zero-order valence-electron chi connectivity index (χ0n) is 12.7. The fourth-order valence-electron chi connectivity index (χ4n) is 2.39. The molecule has 1 aliphatic carbocycles. The van der Waals surface area contributed by atoms with Gasteiger partial charge in [-0.3, -0.25) is 4.31 Å². The third-order valence-corrected chi connectivity index (χ3v) is 4.91. The summed E-state index contributed by atoms with van der Waals surface area (Å²) >= 11 is 0. The van der Waals surface area contributed by atoms with Crippen LogP contribution in [0.15, 0.2) is 12.1 Å². The molecular weight excluding hydrogens is 290 g/mol. The van der Waals surface area contributed by atoms with Crippen molar-refractivity contribution in [3.05, 3.63) is 17.7 Å². The number of carboxylic acid groups (broad SMARTS) is 1. The van der Waals surface area contributed by atoms with Gasteiger partial charge in [-0.25, -0.2) is 14.0 Å². The Morgan fingerprint density at radius 3 is 2.67 bits per heavy atom. The van der Waals surface area contributed by atoms with Gasteiger partial charge in [0.15, 0.2) is 0 Å². The molecule has 0 spiro atoms. The van der Waals surface area contributed by atoms with Crippen molar-refractivity contribution in [3.63, 3.8) is 0 Å². The van der Waals surface area contributed by atoms with E-state index in [9.17, 15) is 14.1 Å². The average molecular weight is 311 g/mol. The van der Waals surface area contributed by atoms with Crippen molar-refractivity contribution in [2.24, 2.45) is 11.8 Å². The van der Waals surface area contributed by atoms with Gasteiger partial charge in [-0.05, 0) is 37.3 Å². The quantitative estimate of drug-likeness (QED) is 0.839. The molecule has 116 valence electrons. The van der Waals surface area contributed by atoms with E-state index in [1.165, 1.54) is 29.1 Å². The van der Waals surface area contributed by atoms with Crippen molar-refractivity contribution in [3.8, 4) is 0 Å². The Balaban J connectivity index is 2.27. The summed E-state index contributed by atoms with van der Waals surface area (Å²) in [4.78, 5) is 15.6. The average Bonchev–Trinajstić information content (AvgIpc) is 3.14. The molecule has 0 radical (unpaired) electrons. The fourth-order valence-corrected chi connectivity index (χ4v) is 2.75. The summed E-state index contributed by atoms with van der Waals surface area (Å²) in [5.41, 5.74) is 0.135. The molecule has 0 aromatic carbocycles. The predicted molar refractivity (Wildman–Crippen MR) is 84.0 cm³/mol. The first kappa shape index (κ1) is 15.8. The summed E-state index contributed by atoms with van der Waals surface area (Å²) in [6.07, 6.45) is 2.70. The predicted octanol–water partition coefficient (Wildman–Crippen LogP) is 1.97. The van der Waals surface area contributed by atoms with Crippen molar-refractivity contribution in [2.75, 3.05) is 22.9 Å². The number of carboxylic acids is 1. The molecular formula is C14H21N3O3S. The Bertz CT molecular complexity index is 579. The fraction of sp³-hybridized carbons (Fsp3) is 0.571. The van der Waals surface area contributed by atoms with E-state index >= 15 is 0 Å². The van der Waals surface area contributed by atoms with Gasteiger partial charge in [0, 0.05) is 19.3 Å². The zero-order chi connectivity index (χ0) is 15.7. The highest BCUT2D eigenvalue weighted by atomic mass is 32.2. The number of rotatable bonds is 6. The van der Waals surface area contributed by atoms with Crippen LogP contribution in [0.25, 0.3) is 0 Å². The van der Waals surface area contributed by atoms with Crippen LogP contribution in [0.5, 0.6) is 0 Å². The molecule has 2 rings (SSSR count). The van der Waals surface area contributed by atoms with Crippen molar-refractivity contribution in [2.45, 2.75) is 26.3 Å². The lowest BCUT2D eigenvalue weighted by Crippen LogP contribution is -2.23. The van der Waals surface area contributed by atoms with E-state index in [1.54, 1.807) is 7.05 Å². The molecule has 1 heterocycles. The van der Waals surface area contributed by atoms with Crippen LogP contribution in [0.1, 0.15) is 30.6 Å². The topological polar surface area (TPSA) is 82.5 Å². The minimum Gasteiger partial charge on any atom is -0.478 e. The van der Waals surface area contributed by atoms with Gasteiger partial charge in [-0.2, -0.15) is 0 Å². The smallest absolute Gasteiger partial charge is 0.335 e. The molecule has 1 aromatic heterocycles. The van der Waals surface area contributed by atoms with Gasteiger partial charge < -0.3 is 10.4 Å².